The van der Waals surface area contributed by atoms with Crippen LogP contribution in [-0.2, 0) is 4.74 Å². The Morgan fingerprint density at radius 3 is 2.75 bits per heavy atom. The number of guanidine groups is 1. The van der Waals surface area contributed by atoms with Gasteiger partial charge in [0.15, 0.2) is 0 Å². The molecule has 1 rings (SSSR count). The Bertz CT molecular complexity index is 240. The van der Waals surface area contributed by atoms with E-state index in [4.69, 9.17) is 10.6 Å². The summed E-state index contributed by atoms with van der Waals surface area (Å²) in [6.07, 6.45) is 2.21. The Labute approximate surface area is 97.8 Å². The number of nitrogens with two attached hydrogens (primary N) is 1. The van der Waals surface area contributed by atoms with Gasteiger partial charge in [0.05, 0.1) is 0 Å². The van der Waals surface area contributed by atoms with Gasteiger partial charge in [0.25, 0.3) is 0 Å². The quantitative estimate of drug-likeness (QED) is 0.203. The summed E-state index contributed by atoms with van der Waals surface area (Å²) >= 11 is 0. The monoisotopic (exact) mass is 228 g/mol. The maximum Gasteiger partial charge on any atom is 0.205 e. The summed E-state index contributed by atoms with van der Waals surface area (Å²) in [6, 6.07) is 0. The maximum absolute atomic E-state index is 5.39. The molecule has 5 heteroatoms. The zero-order valence-corrected chi connectivity index (χ0v) is 10.5. The molecule has 1 saturated carbocycles. The molecule has 0 aromatic rings. The van der Waals surface area contributed by atoms with E-state index in [2.05, 4.69) is 29.6 Å². The summed E-state index contributed by atoms with van der Waals surface area (Å²) in [5.41, 5.74) is 3.06. The molecule has 0 heterocycles. The van der Waals surface area contributed by atoms with Crippen LogP contribution in [0.5, 0.6) is 0 Å². The molecule has 1 atom stereocenters. The zero-order chi connectivity index (χ0) is 12.0. The lowest BCUT2D eigenvalue weighted by atomic mass is 10.1. The highest BCUT2D eigenvalue weighted by Crippen LogP contribution is 2.51. The van der Waals surface area contributed by atoms with Crippen LogP contribution >= 0.6 is 0 Å². The number of rotatable bonds is 6. The predicted molar refractivity (Wildman–Crippen MR) is 66.0 cm³/mol. The van der Waals surface area contributed by atoms with Gasteiger partial charge >= 0.3 is 0 Å². The first kappa shape index (κ1) is 13.3. The molecule has 5 nitrogen and oxygen atoms in total. The molecule has 0 spiro atoms. The van der Waals surface area contributed by atoms with Gasteiger partial charge in [-0.3, -0.25) is 10.4 Å². The van der Waals surface area contributed by atoms with Crippen molar-refractivity contribution in [3.63, 3.8) is 0 Å². The Morgan fingerprint density at radius 2 is 2.25 bits per heavy atom. The van der Waals surface area contributed by atoms with Gasteiger partial charge in [-0.25, -0.2) is 5.84 Å². The van der Waals surface area contributed by atoms with Crippen molar-refractivity contribution in [2.24, 2.45) is 22.2 Å². The largest absolute Gasteiger partial charge is 0.385 e. The third kappa shape index (κ3) is 4.37. The Hall–Kier alpha value is -0.810. The molecule has 1 aliphatic rings. The summed E-state index contributed by atoms with van der Waals surface area (Å²) in [5.74, 6) is 6.77. The lowest BCUT2D eigenvalue weighted by Crippen LogP contribution is -2.42. The highest BCUT2D eigenvalue weighted by molar-refractivity contribution is 5.79. The summed E-state index contributed by atoms with van der Waals surface area (Å²) in [4.78, 5) is 4.43. The minimum absolute atomic E-state index is 0.471. The molecular formula is C11H24N4O. The molecule has 16 heavy (non-hydrogen) atoms. The average molecular weight is 228 g/mol. The molecule has 0 aromatic heterocycles. The molecule has 1 aliphatic carbocycles. The smallest absolute Gasteiger partial charge is 0.205 e. The second-order valence-corrected chi connectivity index (χ2v) is 5.00. The van der Waals surface area contributed by atoms with Gasteiger partial charge in [0.2, 0.25) is 5.96 Å². The molecule has 0 radical (unpaired) electrons. The first-order valence-electron chi connectivity index (χ1n) is 5.84. The van der Waals surface area contributed by atoms with E-state index in [0.29, 0.717) is 17.3 Å². The van der Waals surface area contributed by atoms with Crippen LogP contribution in [0, 0.1) is 11.3 Å². The van der Waals surface area contributed by atoms with Gasteiger partial charge in [-0.2, -0.15) is 0 Å². The van der Waals surface area contributed by atoms with Crippen molar-refractivity contribution in [1.82, 2.24) is 10.7 Å². The van der Waals surface area contributed by atoms with E-state index in [1.165, 1.54) is 6.42 Å². The minimum atomic E-state index is 0.471. The van der Waals surface area contributed by atoms with Crippen LogP contribution in [0.1, 0.15) is 26.7 Å². The van der Waals surface area contributed by atoms with Gasteiger partial charge in [0.1, 0.15) is 0 Å². The van der Waals surface area contributed by atoms with Crippen LogP contribution in [-0.4, -0.2) is 32.8 Å². The van der Waals surface area contributed by atoms with Crippen molar-refractivity contribution in [2.45, 2.75) is 26.7 Å². The van der Waals surface area contributed by atoms with Crippen molar-refractivity contribution in [3.8, 4) is 0 Å². The number of nitrogens with zero attached hydrogens (tertiary/aromatic N) is 1. The van der Waals surface area contributed by atoms with E-state index in [1.54, 1.807) is 7.11 Å². The number of hydrogen-bond donors (Lipinski definition) is 3. The molecule has 4 N–H and O–H groups in total. The second kappa shape index (κ2) is 6.06. The highest BCUT2D eigenvalue weighted by atomic mass is 16.5. The fourth-order valence-corrected chi connectivity index (χ4v) is 1.67. The van der Waals surface area contributed by atoms with E-state index in [-0.39, 0.29) is 0 Å². The van der Waals surface area contributed by atoms with Crippen molar-refractivity contribution in [3.05, 3.63) is 0 Å². The van der Waals surface area contributed by atoms with Crippen molar-refractivity contribution >= 4 is 5.96 Å². The predicted octanol–water partition coefficient (Wildman–Crippen LogP) is 0.478. The fraction of sp³-hybridized carbons (Fsp3) is 0.909. The number of hydrazine groups is 1. The summed E-state index contributed by atoms with van der Waals surface area (Å²) in [7, 11) is 1.70. The number of ether oxygens (including phenoxy) is 1. The Balaban J connectivity index is 2.17. The number of methoxy groups -OCH3 is 1. The third-order valence-electron chi connectivity index (χ3n) is 3.14. The number of nitrogens with one attached hydrogen (secondary N) is 2. The maximum atomic E-state index is 5.39. The topological polar surface area (TPSA) is 71.7 Å². The zero-order valence-electron chi connectivity index (χ0n) is 10.5. The SMILES string of the molecule is COCCCNC(=NCC1CC1(C)C)NN. The average Bonchev–Trinajstić information content (AvgIpc) is 2.86. The lowest BCUT2D eigenvalue weighted by Gasteiger charge is -2.09. The second-order valence-electron chi connectivity index (χ2n) is 5.00. The van der Waals surface area contributed by atoms with E-state index >= 15 is 0 Å². The standard InChI is InChI=1S/C11H24N4O/c1-11(2)7-9(11)8-14-10(15-12)13-5-4-6-16-3/h9H,4-8,12H2,1-3H3,(H2,13,14,15). The fourth-order valence-electron chi connectivity index (χ4n) is 1.67. The van der Waals surface area contributed by atoms with E-state index in [1.807, 2.05) is 0 Å². The Kier molecular flexibility index (Phi) is 5.02. The van der Waals surface area contributed by atoms with Crippen molar-refractivity contribution < 1.29 is 4.74 Å². The van der Waals surface area contributed by atoms with E-state index < -0.39 is 0 Å². The first-order chi connectivity index (χ1) is 7.60. The minimum Gasteiger partial charge on any atom is -0.385 e. The summed E-state index contributed by atoms with van der Waals surface area (Å²) < 4.78 is 4.96. The molecule has 1 unspecified atom stereocenters. The van der Waals surface area contributed by atoms with Crippen LogP contribution in [0.15, 0.2) is 4.99 Å². The highest BCUT2D eigenvalue weighted by Gasteiger charge is 2.45. The molecule has 1 fully saturated rings. The van der Waals surface area contributed by atoms with Gasteiger partial charge in [-0.05, 0) is 24.2 Å². The lowest BCUT2D eigenvalue weighted by molar-refractivity contribution is 0.195. The van der Waals surface area contributed by atoms with Crippen molar-refractivity contribution in [1.29, 1.82) is 0 Å². The molecule has 0 saturated heterocycles. The summed E-state index contributed by atoms with van der Waals surface area (Å²) in [6.45, 7) is 6.97. The normalized spacial score (nSPS) is 23.0. The Morgan fingerprint density at radius 1 is 1.56 bits per heavy atom. The van der Waals surface area contributed by atoms with Crippen molar-refractivity contribution in [2.75, 3.05) is 26.8 Å². The first-order valence-corrected chi connectivity index (χ1v) is 5.84. The van der Waals surface area contributed by atoms with Gasteiger partial charge in [-0.1, -0.05) is 13.8 Å². The van der Waals surface area contributed by atoms with E-state index in [0.717, 1.165) is 26.1 Å². The molecule has 0 bridgehead atoms. The van der Waals surface area contributed by atoms with Crippen LogP contribution in [0.3, 0.4) is 0 Å². The van der Waals surface area contributed by atoms with Crippen LogP contribution in [0.25, 0.3) is 0 Å². The van der Waals surface area contributed by atoms with Gasteiger partial charge < -0.3 is 10.1 Å². The van der Waals surface area contributed by atoms with Crippen LogP contribution in [0.2, 0.25) is 0 Å². The van der Waals surface area contributed by atoms with Gasteiger partial charge in [0, 0.05) is 26.8 Å². The number of aliphatic imine (C=N–C) groups is 1. The summed E-state index contributed by atoms with van der Waals surface area (Å²) in [5, 5.41) is 3.15. The molecular weight excluding hydrogens is 204 g/mol. The molecule has 0 amide bonds. The molecule has 0 aliphatic heterocycles. The van der Waals surface area contributed by atoms with Crippen LogP contribution < -0.4 is 16.6 Å². The van der Waals surface area contributed by atoms with E-state index in [9.17, 15) is 0 Å². The van der Waals surface area contributed by atoms with Crippen LogP contribution in [0.4, 0.5) is 0 Å². The molecule has 0 aromatic carbocycles. The third-order valence-corrected chi connectivity index (χ3v) is 3.14. The molecule has 94 valence electrons. The number of hydrogen-bond acceptors (Lipinski definition) is 3. The van der Waals surface area contributed by atoms with Gasteiger partial charge in [-0.15, -0.1) is 0 Å².